The van der Waals surface area contributed by atoms with Gasteiger partial charge >= 0.3 is 0 Å². The molecule has 0 saturated carbocycles. The molecule has 3 aromatic carbocycles. The number of carbonyl (C=O) groups excluding carboxylic acids is 2. The van der Waals surface area contributed by atoms with Gasteiger partial charge in [-0.15, -0.1) is 0 Å². The number of benzene rings is 3. The first-order valence-corrected chi connectivity index (χ1v) is 10.7. The fraction of sp³-hybridized carbons (Fsp3) is 0.231. The third-order valence-corrected chi connectivity index (χ3v) is 5.39. The minimum Gasteiger partial charge on any atom is -0.454 e. The second kappa shape index (κ2) is 10.6. The van der Waals surface area contributed by atoms with E-state index in [2.05, 4.69) is 22.8 Å². The number of carbonyl (C=O) groups is 2. The van der Waals surface area contributed by atoms with Gasteiger partial charge in [-0.25, -0.2) is 0 Å². The van der Waals surface area contributed by atoms with Gasteiger partial charge in [-0.05, 0) is 36.6 Å². The van der Waals surface area contributed by atoms with Crippen molar-refractivity contribution >= 4 is 11.7 Å². The summed E-state index contributed by atoms with van der Waals surface area (Å²) >= 11 is 0. The van der Waals surface area contributed by atoms with E-state index in [4.69, 9.17) is 9.47 Å². The number of amides is 1. The first-order chi connectivity index (χ1) is 15.7. The lowest BCUT2D eigenvalue weighted by Crippen LogP contribution is -2.38. The van der Waals surface area contributed by atoms with E-state index >= 15 is 0 Å². The first-order valence-electron chi connectivity index (χ1n) is 10.7. The number of Topliss-reactive ketones (excluding diaryl/α,β-unsaturated/α-hetero) is 1. The van der Waals surface area contributed by atoms with Gasteiger partial charge in [0.05, 0.1) is 6.54 Å². The Bertz CT molecular complexity index is 1050. The number of ketones is 1. The maximum atomic E-state index is 12.6. The van der Waals surface area contributed by atoms with E-state index < -0.39 is 0 Å². The van der Waals surface area contributed by atoms with E-state index in [9.17, 15) is 9.59 Å². The van der Waals surface area contributed by atoms with Crippen molar-refractivity contribution in [1.29, 1.82) is 0 Å². The fourth-order valence-corrected chi connectivity index (χ4v) is 3.64. The zero-order chi connectivity index (χ0) is 22.2. The molecule has 6 heteroatoms. The van der Waals surface area contributed by atoms with Crippen LogP contribution in [0.25, 0.3) is 0 Å². The molecule has 3 aromatic rings. The van der Waals surface area contributed by atoms with Crippen LogP contribution in [0.1, 0.15) is 32.7 Å². The van der Waals surface area contributed by atoms with Gasteiger partial charge in [-0.2, -0.15) is 0 Å². The molecule has 4 rings (SSSR count). The number of rotatable bonds is 10. The van der Waals surface area contributed by atoms with Crippen molar-refractivity contribution in [1.82, 2.24) is 10.6 Å². The lowest BCUT2D eigenvalue weighted by molar-refractivity contribution is 0.0946. The van der Waals surface area contributed by atoms with Crippen LogP contribution in [0.2, 0.25) is 0 Å². The molecule has 1 aliphatic rings. The van der Waals surface area contributed by atoms with E-state index in [0.29, 0.717) is 35.6 Å². The Kier molecular flexibility index (Phi) is 7.15. The van der Waals surface area contributed by atoms with Gasteiger partial charge in [0.25, 0.3) is 5.91 Å². The summed E-state index contributed by atoms with van der Waals surface area (Å²) in [6.07, 6.45) is 1.45. The largest absolute Gasteiger partial charge is 0.454 e. The van der Waals surface area contributed by atoms with Crippen LogP contribution in [0.5, 0.6) is 11.5 Å². The van der Waals surface area contributed by atoms with E-state index in [1.54, 1.807) is 18.2 Å². The highest BCUT2D eigenvalue weighted by Gasteiger charge is 2.17. The van der Waals surface area contributed by atoms with Gasteiger partial charge in [0.1, 0.15) is 0 Å². The summed E-state index contributed by atoms with van der Waals surface area (Å²) in [5.41, 5.74) is 2.40. The van der Waals surface area contributed by atoms with Gasteiger partial charge in [0.2, 0.25) is 6.79 Å². The van der Waals surface area contributed by atoms with Crippen molar-refractivity contribution in [3.63, 3.8) is 0 Å². The third-order valence-electron chi connectivity index (χ3n) is 5.39. The van der Waals surface area contributed by atoms with Crippen LogP contribution in [0.4, 0.5) is 0 Å². The summed E-state index contributed by atoms with van der Waals surface area (Å²) in [5.74, 6) is 1.12. The molecule has 0 spiro atoms. The predicted octanol–water partition coefficient (Wildman–Crippen LogP) is 3.62. The Balaban J connectivity index is 1.33. The van der Waals surface area contributed by atoms with Crippen LogP contribution in [0, 0.1) is 0 Å². The van der Waals surface area contributed by atoms with Crippen LogP contribution >= 0.6 is 0 Å². The Morgan fingerprint density at radius 3 is 2.34 bits per heavy atom. The molecule has 0 aliphatic carbocycles. The van der Waals surface area contributed by atoms with Crippen molar-refractivity contribution in [2.45, 2.75) is 18.9 Å². The fourth-order valence-electron chi connectivity index (χ4n) is 3.64. The highest BCUT2D eigenvalue weighted by molar-refractivity contribution is 5.97. The smallest absolute Gasteiger partial charge is 0.251 e. The maximum Gasteiger partial charge on any atom is 0.251 e. The third kappa shape index (κ3) is 5.74. The number of fused-ring (bicyclic) bond motifs is 1. The molecule has 1 amide bonds. The van der Waals surface area contributed by atoms with Crippen LogP contribution in [0.15, 0.2) is 78.9 Å². The van der Waals surface area contributed by atoms with Crippen LogP contribution < -0.4 is 20.1 Å². The zero-order valence-corrected chi connectivity index (χ0v) is 17.8. The maximum absolute atomic E-state index is 12.6. The molecule has 1 aliphatic heterocycles. The SMILES string of the molecule is O=C(CN[C@H](CCNC(=O)c1ccc2c(c1)OCO2)Cc1ccccc1)c1ccccc1. The number of ether oxygens (including phenoxy) is 2. The van der Waals surface area contributed by atoms with Gasteiger partial charge in [-0.1, -0.05) is 60.7 Å². The van der Waals surface area contributed by atoms with E-state index in [-0.39, 0.29) is 31.1 Å². The first kappa shape index (κ1) is 21.6. The number of nitrogens with one attached hydrogen (secondary N) is 2. The zero-order valence-electron chi connectivity index (χ0n) is 17.8. The molecule has 0 unspecified atom stereocenters. The molecule has 32 heavy (non-hydrogen) atoms. The molecule has 6 nitrogen and oxygen atoms in total. The van der Waals surface area contributed by atoms with Gasteiger partial charge < -0.3 is 20.1 Å². The monoisotopic (exact) mass is 430 g/mol. The van der Waals surface area contributed by atoms with Crippen LogP contribution in [-0.2, 0) is 6.42 Å². The topological polar surface area (TPSA) is 76.7 Å². The average molecular weight is 431 g/mol. The Hall–Kier alpha value is -3.64. The standard InChI is InChI=1S/C26H26N2O4/c29-23(20-9-5-2-6-10-20)17-28-22(15-19-7-3-1-4-8-19)13-14-27-26(30)21-11-12-24-25(16-21)32-18-31-24/h1-12,16,22,28H,13-15,17-18H2,(H,27,30)/t22-/m1/s1. The predicted molar refractivity (Wildman–Crippen MR) is 122 cm³/mol. The van der Waals surface area contributed by atoms with E-state index in [1.807, 2.05) is 48.5 Å². The molecular formula is C26H26N2O4. The summed E-state index contributed by atoms with van der Waals surface area (Å²) in [7, 11) is 0. The van der Waals surface area contributed by atoms with Crippen molar-refractivity contribution in [3.8, 4) is 11.5 Å². The van der Waals surface area contributed by atoms with Crippen LogP contribution in [-0.4, -0.2) is 37.6 Å². The number of hydrogen-bond donors (Lipinski definition) is 2. The molecule has 164 valence electrons. The molecule has 1 heterocycles. The molecule has 0 saturated heterocycles. The Labute approximate surface area is 187 Å². The average Bonchev–Trinajstić information content (AvgIpc) is 3.31. The summed E-state index contributed by atoms with van der Waals surface area (Å²) in [6.45, 7) is 0.907. The molecule has 0 radical (unpaired) electrons. The van der Waals surface area contributed by atoms with Gasteiger partial charge in [0.15, 0.2) is 17.3 Å². The van der Waals surface area contributed by atoms with Gasteiger partial charge in [0, 0.05) is 23.7 Å². The highest BCUT2D eigenvalue weighted by atomic mass is 16.7. The molecule has 2 N–H and O–H groups in total. The molecular weight excluding hydrogens is 404 g/mol. The molecule has 0 aromatic heterocycles. The van der Waals surface area contributed by atoms with Crippen LogP contribution in [0.3, 0.4) is 0 Å². The lowest BCUT2D eigenvalue weighted by atomic mass is 10.0. The number of hydrogen-bond acceptors (Lipinski definition) is 5. The second-order valence-corrected chi connectivity index (χ2v) is 7.67. The van der Waals surface area contributed by atoms with Crippen molar-refractivity contribution in [3.05, 3.63) is 95.6 Å². The summed E-state index contributed by atoms with van der Waals surface area (Å²) in [5, 5.41) is 6.34. The summed E-state index contributed by atoms with van der Waals surface area (Å²) < 4.78 is 10.6. The van der Waals surface area contributed by atoms with E-state index in [1.165, 1.54) is 5.56 Å². The van der Waals surface area contributed by atoms with Crippen molar-refractivity contribution in [2.75, 3.05) is 19.9 Å². The minimum atomic E-state index is -0.165. The normalized spacial score (nSPS) is 12.9. The molecule has 0 fully saturated rings. The minimum absolute atomic E-state index is 0.0436. The second-order valence-electron chi connectivity index (χ2n) is 7.67. The highest BCUT2D eigenvalue weighted by Crippen LogP contribution is 2.32. The summed E-state index contributed by atoms with van der Waals surface area (Å²) in [6, 6.07) is 24.6. The molecule has 0 bridgehead atoms. The molecule has 1 atom stereocenters. The summed E-state index contributed by atoms with van der Waals surface area (Å²) in [4.78, 5) is 25.1. The van der Waals surface area contributed by atoms with Crippen molar-refractivity contribution in [2.24, 2.45) is 0 Å². The Morgan fingerprint density at radius 1 is 0.844 bits per heavy atom. The Morgan fingerprint density at radius 2 is 1.56 bits per heavy atom. The quantitative estimate of drug-likeness (QED) is 0.481. The van der Waals surface area contributed by atoms with E-state index in [0.717, 1.165) is 6.42 Å². The lowest BCUT2D eigenvalue weighted by Gasteiger charge is -2.19. The van der Waals surface area contributed by atoms with Crippen molar-refractivity contribution < 1.29 is 19.1 Å². The van der Waals surface area contributed by atoms with Gasteiger partial charge in [-0.3, -0.25) is 9.59 Å².